The van der Waals surface area contributed by atoms with Crippen LogP contribution in [0.1, 0.15) is 39.0 Å². The molecule has 0 amide bonds. The summed E-state index contributed by atoms with van der Waals surface area (Å²) in [6.45, 7) is 10.5. The molecule has 5 nitrogen and oxygen atoms in total. The molecule has 0 fully saturated rings. The van der Waals surface area contributed by atoms with Crippen LogP contribution in [0, 0.1) is 6.92 Å². The third-order valence-corrected chi connectivity index (χ3v) is 5.72. The average molecular weight is 544 g/mol. The molecule has 0 aliphatic heterocycles. The van der Waals surface area contributed by atoms with Crippen LogP contribution in [-0.2, 0) is 12.0 Å². The van der Waals surface area contributed by atoms with E-state index in [4.69, 9.17) is 65.7 Å². The molecule has 9 heteroatoms. The van der Waals surface area contributed by atoms with Gasteiger partial charge >= 0.3 is 0 Å². The number of benzene rings is 2. The van der Waals surface area contributed by atoms with E-state index >= 15 is 0 Å². The molecule has 0 radical (unpaired) electrons. The average Bonchev–Trinajstić information content (AvgIpc) is 3.07. The highest BCUT2D eigenvalue weighted by Crippen LogP contribution is 2.42. The minimum Gasteiger partial charge on any atom is -0.489 e. The summed E-state index contributed by atoms with van der Waals surface area (Å²) in [6.07, 6.45) is 2.35. The number of rotatable bonds is 8. The van der Waals surface area contributed by atoms with Crippen LogP contribution in [0.2, 0.25) is 10.0 Å². The molecule has 1 heterocycles. The lowest BCUT2D eigenvalue weighted by Gasteiger charge is -2.23. The molecule has 0 spiro atoms. The van der Waals surface area contributed by atoms with Gasteiger partial charge in [0.2, 0.25) is 5.88 Å². The van der Waals surface area contributed by atoms with Crippen molar-refractivity contribution in [2.45, 2.75) is 46.6 Å². The van der Waals surface area contributed by atoms with Crippen molar-refractivity contribution in [2.75, 3.05) is 6.61 Å². The molecule has 0 aliphatic carbocycles. The maximum absolute atomic E-state index is 6.55. The fourth-order valence-corrected chi connectivity index (χ4v) is 3.83. The topological polar surface area (TPSA) is 45.5 Å². The van der Waals surface area contributed by atoms with E-state index in [0.29, 0.717) is 38.9 Å². The van der Waals surface area contributed by atoms with Crippen molar-refractivity contribution in [3.63, 3.8) is 0 Å². The summed E-state index contributed by atoms with van der Waals surface area (Å²) in [5, 5.41) is 5.37. The third kappa shape index (κ3) is 6.54. The number of nitrogens with zero attached hydrogens (tertiary/aromatic N) is 2. The summed E-state index contributed by atoms with van der Waals surface area (Å²) < 4.78 is 19.7. The van der Waals surface area contributed by atoms with Gasteiger partial charge in [-0.3, -0.25) is 0 Å². The molecular weight excluding hydrogens is 518 g/mol. The molecule has 2 aromatic carbocycles. The zero-order chi connectivity index (χ0) is 25.0. The summed E-state index contributed by atoms with van der Waals surface area (Å²) in [4.78, 5) is 0. The van der Waals surface area contributed by atoms with Crippen LogP contribution < -0.4 is 14.2 Å². The molecule has 34 heavy (non-hydrogen) atoms. The largest absolute Gasteiger partial charge is 0.489 e. The van der Waals surface area contributed by atoms with Crippen LogP contribution in [0.3, 0.4) is 0 Å². The van der Waals surface area contributed by atoms with Crippen molar-refractivity contribution in [1.29, 1.82) is 0 Å². The van der Waals surface area contributed by atoms with Crippen molar-refractivity contribution >= 4 is 46.4 Å². The maximum atomic E-state index is 6.55. The third-order valence-electron chi connectivity index (χ3n) is 4.85. The Bertz CT molecular complexity index is 1160. The number of hydrogen-bond donors (Lipinski definition) is 0. The lowest BCUT2D eigenvalue weighted by molar-refractivity contribution is 0.300. The first-order chi connectivity index (χ1) is 16.0. The van der Waals surface area contributed by atoms with Crippen LogP contribution in [-0.4, -0.2) is 16.4 Å². The van der Waals surface area contributed by atoms with E-state index in [1.165, 1.54) is 0 Å². The van der Waals surface area contributed by atoms with Crippen LogP contribution in [0.5, 0.6) is 28.9 Å². The predicted molar refractivity (Wildman–Crippen MR) is 140 cm³/mol. The van der Waals surface area contributed by atoms with Gasteiger partial charge in [-0.1, -0.05) is 53.3 Å². The Labute approximate surface area is 220 Å². The van der Waals surface area contributed by atoms with Crippen LogP contribution in [0.25, 0.3) is 0 Å². The molecule has 0 atom stereocenters. The Kier molecular flexibility index (Phi) is 8.69. The van der Waals surface area contributed by atoms with Crippen LogP contribution >= 0.6 is 46.4 Å². The predicted octanol–water partition coefficient (Wildman–Crippen LogP) is 9.10. The molecule has 0 bridgehead atoms. The fraction of sp³-hybridized carbons (Fsp3) is 0.320. The van der Waals surface area contributed by atoms with E-state index in [2.05, 4.69) is 27.7 Å². The molecule has 0 aliphatic rings. The van der Waals surface area contributed by atoms with Gasteiger partial charge in [0.25, 0.3) is 0 Å². The summed E-state index contributed by atoms with van der Waals surface area (Å²) in [5.74, 6) is 2.68. The fourth-order valence-electron chi connectivity index (χ4n) is 3.16. The highest BCUT2D eigenvalue weighted by molar-refractivity contribution is 6.55. The number of halogens is 4. The van der Waals surface area contributed by atoms with Gasteiger partial charge in [0, 0.05) is 17.7 Å². The normalized spacial score (nSPS) is 11.3. The first kappa shape index (κ1) is 26.6. The van der Waals surface area contributed by atoms with Crippen LogP contribution in [0.15, 0.2) is 47.0 Å². The quantitative estimate of drug-likeness (QED) is 0.284. The first-order valence-electron chi connectivity index (χ1n) is 10.7. The molecule has 0 N–H and O–H groups in total. The Hall–Kier alpha value is -2.05. The second kappa shape index (κ2) is 11.1. The number of aryl methyl sites for hydroxylation is 1. The summed E-state index contributed by atoms with van der Waals surface area (Å²) in [5.41, 5.74) is 1.64. The zero-order valence-corrected chi connectivity index (χ0v) is 22.6. The van der Waals surface area contributed by atoms with Crippen molar-refractivity contribution in [3.8, 4) is 28.9 Å². The Morgan fingerprint density at radius 1 is 0.971 bits per heavy atom. The van der Waals surface area contributed by atoms with Crippen molar-refractivity contribution < 1.29 is 14.2 Å². The van der Waals surface area contributed by atoms with E-state index in [1.54, 1.807) is 42.5 Å². The number of aromatic nitrogens is 2. The molecule has 0 saturated heterocycles. The monoisotopic (exact) mass is 542 g/mol. The van der Waals surface area contributed by atoms with Gasteiger partial charge in [0.05, 0.1) is 21.3 Å². The van der Waals surface area contributed by atoms with E-state index in [1.807, 2.05) is 11.6 Å². The van der Waals surface area contributed by atoms with Gasteiger partial charge in [0.15, 0.2) is 5.75 Å². The molecular formula is C25H26Cl4N2O3. The van der Waals surface area contributed by atoms with Gasteiger partial charge in [0.1, 0.15) is 28.3 Å². The zero-order valence-electron chi connectivity index (χ0n) is 19.6. The van der Waals surface area contributed by atoms with Crippen molar-refractivity contribution in [2.24, 2.45) is 0 Å². The van der Waals surface area contributed by atoms with E-state index in [0.717, 1.165) is 17.7 Å². The molecule has 182 valence electrons. The van der Waals surface area contributed by atoms with Crippen molar-refractivity contribution in [3.05, 3.63) is 68.3 Å². The number of hydrogen-bond acceptors (Lipinski definition) is 4. The standard InChI is InChI=1S/C25H26Cl4N2O3/c1-6-21-15(2)24(31(30-21)25(3,4)5)34-23-19(26)13-18(14-20(23)27)33-17-9-7-16(8-10-17)32-12-11-22(28)29/h7-11,13-14H,6,12H2,1-5H3. The minimum atomic E-state index is -0.280. The summed E-state index contributed by atoms with van der Waals surface area (Å²) in [7, 11) is 0. The van der Waals surface area contributed by atoms with Crippen LogP contribution in [0.4, 0.5) is 0 Å². The minimum absolute atomic E-state index is 0.157. The molecule has 3 rings (SSSR count). The van der Waals surface area contributed by atoms with Gasteiger partial charge < -0.3 is 14.2 Å². The Morgan fingerprint density at radius 3 is 2.09 bits per heavy atom. The van der Waals surface area contributed by atoms with Crippen molar-refractivity contribution in [1.82, 2.24) is 9.78 Å². The highest BCUT2D eigenvalue weighted by Gasteiger charge is 2.25. The number of ether oxygens (including phenoxy) is 3. The molecule has 0 saturated carbocycles. The lowest BCUT2D eigenvalue weighted by atomic mass is 10.1. The summed E-state index contributed by atoms with van der Waals surface area (Å²) in [6, 6.07) is 10.4. The van der Waals surface area contributed by atoms with E-state index in [9.17, 15) is 0 Å². The SMILES string of the molecule is CCc1nn(C(C)(C)C)c(Oc2c(Cl)cc(Oc3ccc(OCC=C(Cl)Cl)cc3)cc2Cl)c1C. The second-order valence-electron chi connectivity index (χ2n) is 8.51. The van der Waals surface area contributed by atoms with Gasteiger partial charge in [-0.15, -0.1) is 0 Å². The smallest absolute Gasteiger partial charge is 0.221 e. The van der Waals surface area contributed by atoms with E-state index < -0.39 is 0 Å². The highest BCUT2D eigenvalue weighted by atomic mass is 35.5. The Morgan fingerprint density at radius 2 is 1.56 bits per heavy atom. The molecule has 1 aromatic heterocycles. The van der Waals surface area contributed by atoms with Gasteiger partial charge in [-0.25, -0.2) is 4.68 Å². The van der Waals surface area contributed by atoms with Gasteiger partial charge in [-0.05, 0) is 64.5 Å². The molecule has 0 unspecified atom stereocenters. The van der Waals surface area contributed by atoms with Gasteiger partial charge in [-0.2, -0.15) is 5.10 Å². The first-order valence-corrected chi connectivity index (χ1v) is 12.2. The maximum Gasteiger partial charge on any atom is 0.221 e. The molecule has 3 aromatic rings. The second-order valence-corrected chi connectivity index (χ2v) is 10.3. The lowest BCUT2D eigenvalue weighted by Crippen LogP contribution is -2.24. The summed E-state index contributed by atoms with van der Waals surface area (Å²) >= 11 is 24.3. The van der Waals surface area contributed by atoms with E-state index in [-0.39, 0.29) is 16.6 Å². The Balaban J connectivity index is 1.80.